The van der Waals surface area contributed by atoms with E-state index in [0.717, 1.165) is 0 Å². The molecule has 0 spiro atoms. The molecule has 1 heterocycles. The number of nitrogens with zero attached hydrogens (tertiary/aromatic N) is 2. The van der Waals surface area contributed by atoms with Crippen molar-refractivity contribution < 1.29 is 10.0 Å². The molecule has 0 radical (unpaired) electrons. The number of anilines is 1. The van der Waals surface area contributed by atoms with Crippen molar-refractivity contribution in [2.75, 3.05) is 5.32 Å². The Labute approximate surface area is 119 Å². The van der Waals surface area contributed by atoms with Crippen LogP contribution in [0.2, 0.25) is 5.02 Å². The van der Waals surface area contributed by atoms with E-state index in [0.29, 0.717) is 16.3 Å². The summed E-state index contributed by atoms with van der Waals surface area (Å²) >= 11 is 5.70. The van der Waals surface area contributed by atoms with Gasteiger partial charge in [-0.3, -0.25) is 4.79 Å². The fourth-order valence-electron chi connectivity index (χ4n) is 1.52. The van der Waals surface area contributed by atoms with Gasteiger partial charge in [0.05, 0.1) is 5.02 Å². The molecule has 0 bridgehead atoms. The highest BCUT2D eigenvalue weighted by atomic mass is 35.5. The summed E-state index contributed by atoms with van der Waals surface area (Å²) < 4.78 is 0. The van der Waals surface area contributed by atoms with Crippen molar-refractivity contribution in [3.63, 3.8) is 0 Å². The Morgan fingerprint density at radius 2 is 2.15 bits per heavy atom. The fourth-order valence-corrected chi connectivity index (χ4v) is 1.63. The molecule has 20 heavy (non-hydrogen) atoms. The number of nitrogens with one attached hydrogen (secondary N) is 1. The first kappa shape index (κ1) is 13.8. The molecule has 2 rings (SSSR count). The van der Waals surface area contributed by atoms with Crippen LogP contribution < -0.4 is 11.1 Å². The number of oxime groups is 1. The van der Waals surface area contributed by atoms with E-state index in [1.165, 1.54) is 12.3 Å². The molecule has 1 aromatic heterocycles. The van der Waals surface area contributed by atoms with Crippen LogP contribution >= 0.6 is 11.6 Å². The molecule has 102 valence electrons. The van der Waals surface area contributed by atoms with E-state index in [2.05, 4.69) is 15.5 Å². The summed E-state index contributed by atoms with van der Waals surface area (Å²) in [4.78, 5) is 15.9. The zero-order chi connectivity index (χ0) is 14.5. The predicted octanol–water partition coefficient (Wildman–Crippen LogP) is 2.08. The van der Waals surface area contributed by atoms with Crippen molar-refractivity contribution in [3.05, 3.63) is 58.9 Å². The van der Waals surface area contributed by atoms with Crippen molar-refractivity contribution in [2.24, 2.45) is 10.9 Å². The normalized spacial score (nSPS) is 11.2. The Kier molecular flexibility index (Phi) is 4.17. The highest BCUT2D eigenvalue weighted by molar-refractivity contribution is 6.30. The second-order valence-electron chi connectivity index (χ2n) is 3.88. The number of amidine groups is 1. The summed E-state index contributed by atoms with van der Waals surface area (Å²) in [5.74, 6) is -0.413. The number of aromatic nitrogens is 1. The Bertz CT molecular complexity index is 656. The first-order valence-electron chi connectivity index (χ1n) is 5.61. The summed E-state index contributed by atoms with van der Waals surface area (Å²) in [6.07, 6.45) is 1.39. The number of pyridine rings is 1. The summed E-state index contributed by atoms with van der Waals surface area (Å²) in [6, 6.07) is 9.70. The molecule has 0 unspecified atom stereocenters. The van der Waals surface area contributed by atoms with Gasteiger partial charge in [0.2, 0.25) is 0 Å². The van der Waals surface area contributed by atoms with E-state index < -0.39 is 0 Å². The number of hydrogen-bond donors (Lipinski definition) is 3. The monoisotopic (exact) mass is 290 g/mol. The minimum Gasteiger partial charge on any atom is -0.409 e. The number of benzene rings is 1. The lowest BCUT2D eigenvalue weighted by atomic mass is 10.2. The maximum atomic E-state index is 11.9. The Morgan fingerprint density at radius 3 is 2.80 bits per heavy atom. The molecule has 4 N–H and O–H groups in total. The Balaban J connectivity index is 2.17. The van der Waals surface area contributed by atoms with Crippen LogP contribution in [0.5, 0.6) is 0 Å². The number of rotatable bonds is 3. The molecular weight excluding hydrogens is 280 g/mol. The largest absolute Gasteiger partial charge is 0.409 e. The smallest absolute Gasteiger partial charge is 0.274 e. The van der Waals surface area contributed by atoms with Crippen LogP contribution in [0.1, 0.15) is 16.1 Å². The first-order valence-corrected chi connectivity index (χ1v) is 5.99. The summed E-state index contributed by atoms with van der Waals surface area (Å²) in [5, 5.41) is 14.6. The Morgan fingerprint density at radius 1 is 1.35 bits per heavy atom. The minimum absolute atomic E-state index is 0.0364. The average molecular weight is 291 g/mol. The summed E-state index contributed by atoms with van der Waals surface area (Å²) in [7, 11) is 0. The first-order chi connectivity index (χ1) is 9.60. The highest BCUT2D eigenvalue weighted by Crippen LogP contribution is 2.12. The topological polar surface area (TPSA) is 101 Å². The molecule has 0 atom stereocenters. The average Bonchev–Trinajstić information content (AvgIpc) is 2.47. The number of hydrogen-bond acceptors (Lipinski definition) is 4. The number of carbonyl (C=O) groups is 1. The van der Waals surface area contributed by atoms with E-state index in [-0.39, 0.29) is 17.4 Å². The molecule has 0 saturated heterocycles. The Hall–Kier alpha value is -2.60. The van der Waals surface area contributed by atoms with E-state index >= 15 is 0 Å². The van der Waals surface area contributed by atoms with Crippen molar-refractivity contribution >= 4 is 29.0 Å². The molecule has 7 heteroatoms. The van der Waals surface area contributed by atoms with Crippen LogP contribution in [0.3, 0.4) is 0 Å². The van der Waals surface area contributed by atoms with Crippen LogP contribution in [0, 0.1) is 0 Å². The van der Waals surface area contributed by atoms with Crippen LogP contribution in [0.25, 0.3) is 0 Å². The van der Waals surface area contributed by atoms with Gasteiger partial charge in [0.1, 0.15) is 5.69 Å². The van der Waals surface area contributed by atoms with Gasteiger partial charge in [0.25, 0.3) is 5.91 Å². The van der Waals surface area contributed by atoms with Gasteiger partial charge in [0.15, 0.2) is 5.84 Å². The van der Waals surface area contributed by atoms with Gasteiger partial charge in [-0.2, -0.15) is 0 Å². The van der Waals surface area contributed by atoms with E-state index in [1.807, 2.05) is 0 Å². The zero-order valence-corrected chi connectivity index (χ0v) is 11.0. The highest BCUT2D eigenvalue weighted by Gasteiger charge is 2.08. The molecule has 0 saturated carbocycles. The second kappa shape index (κ2) is 6.03. The fraction of sp³-hybridized carbons (Fsp3) is 0. The lowest BCUT2D eigenvalue weighted by Gasteiger charge is -2.06. The van der Waals surface area contributed by atoms with Crippen LogP contribution in [0.15, 0.2) is 47.8 Å². The number of amides is 1. The zero-order valence-electron chi connectivity index (χ0n) is 10.2. The van der Waals surface area contributed by atoms with E-state index in [1.54, 1.807) is 30.3 Å². The lowest BCUT2D eigenvalue weighted by molar-refractivity contribution is 0.102. The van der Waals surface area contributed by atoms with E-state index in [9.17, 15) is 4.79 Å². The number of nitrogens with two attached hydrogens (primary N) is 1. The van der Waals surface area contributed by atoms with Gasteiger partial charge in [-0.15, -0.1) is 0 Å². The van der Waals surface area contributed by atoms with Crippen molar-refractivity contribution in [3.8, 4) is 0 Å². The molecule has 2 aromatic rings. The van der Waals surface area contributed by atoms with E-state index in [4.69, 9.17) is 22.5 Å². The number of carbonyl (C=O) groups excluding carboxylic acids is 1. The second-order valence-corrected chi connectivity index (χ2v) is 4.32. The quantitative estimate of drug-likeness (QED) is 0.349. The number of halogens is 1. The predicted molar refractivity (Wildman–Crippen MR) is 76.2 cm³/mol. The lowest BCUT2D eigenvalue weighted by Crippen LogP contribution is -2.16. The third-order valence-electron chi connectivity index (χ3n) is 2.48. The molecule has 1 aromatic carbocycles. The molecule has 0 aliphatic carbocycles. The van der Waals surface area contributed by atoms with Crippen LogP contribution in [0.4, 0.5) is 5.69 Å². The maximum Gasteiger partial charge on any atom is 0.274 e. The van der Waals surface area contributed by atoms with Gasteiger partial charge in [0, 0.05) is 17.4 Å². The van der Waals surface area contributed by atoms with Gasteiger partial charge < -0.3 is 16.3 Å². The van der Waals surface area contributed by atoms with Gasteiger partial charge in [-0.05, 0) is 24.3 Å². The maximum absolute atomic E-state index is 11.9. The van der Waals surface area contributed by atoms with Gasteiger partial charge >= 0.3 is 0 Å². The van der Waals surface area contributed by atoms with Gasteiger partial charge in [-0.1, -0.05) is 28.9 Å². The summed E-state index contributed by atoms with van der Waals surface area (Å²) in [6.45, 7) is 0. The summed E-state index contributed by atoms with van der Waals surface area (Å²) in [5.41, 5.74) is 6.73. The molecule has 1 amide bonds. The van der Waals surface area contributed by atoms with Crippen LogP contribution in [-0.4, -0.2) is 21.9 Å². The molecule has 0 fully saturated rings. The third-order valence-corrected chi connectivity index (χ3v) is 2.71. The molecular formula is C13H11ClN4O2. The molecule has 0 aliphatic rings. The molecule has 6 nitrogen and oxygen atoms in total. The van der Waals surface area contributed by atoms with Crippen LogP contribution in [-0.2, 0) is 0 Å². The van der Waals surface area contributed by atoms with Crippen molar-refractivity contribution in [2.45, 2.75) is 0 Å². The standard InChI is InChI=1S/C13H11ClN4O2/c14-9-4-5-11(16-7-9)13(19)17-10-3-1-2-8(6-10)12(15)18-20/h1-7,20H,(H2,15,18)(H,17,19). The molecule has 0 aliphatic heterocycles. The third kappa shape index (κ3) is 3.24. The van der Waals surface area contributed by atoms with Crippen molar-refractivity contribution in [1.29, 1.82) is 0 Å². The SMILES string of the molecule is NC(=NO)c1cccc(NC(=O)c2ccc(Cl)cn2)c1. The van der Waals surface area contributed by atoms with Crippen molar-refractivity contribution in [1.82, 2.24) is 4.98 Å². The minimum atomic E-state index is -0.377. The van der Waals surface area contributed by atoms with Gasteiger partial charge in [-0.25, -0.2) is 4.98 Å².